The number of hydrogen-bond acceptors (Lipinski definition) is 2. The number of nitrogens with zero attached hydrogens (tertiary/aromatic N) is 1. The van der Waals surface area contributed by atoms with Crippen LogP contribution >= 0.6 is 0 Å². The fourth-order valence-electron chi connectivity index (χ4n) is 3.91. The molecule has 2 saturated heterocycles. The molecule has 0 radical (unpaired) electrons. The lowest BCUT2D eigenvalue weighted by atomic mass is 9.86. The number of benzene rings is 1. The first-order valence-electron chi connectivity index (χ1n) is 8.36. The zero-order chi connectivity index (χ0) is 15.9. The van der Waals surface area contributed by atoms with E-state index in [1.807, 2.05) is 12.1 Å². The van der Waals surface area contributed by atoms with Gasteiger partial charge in [-0.25, -0.2) is 0 Å². The molecule has 1 aromatic carbocycles. The molecule has 2 atom stereocenters. The molecule has 2 aliphatic heterocycles. The second-order valence-corrected chi connectivity index (χ2v) is 7.75. The van der Waals surface area contributed by atoms with Crippen molar-refractivity contribution in [3.05, 3.63) is 35.4 Å². The van der Waals surface area contributed by atoms with Crippen LogP contribution in [0.2, 0.25) is 0 Å². The third kappa shape index (κ3) is 2.79. The predicted octanol–water partition coefficient (Wildman–Crippen LogP) is 3.77. The fraction of sp³-hybridized carbons (Fsp3) is 0.632. The average Bonchev–Trinajstić information content (AvgIpc) is 2.75. The molecule has 2 aliphatic rings. The zero-order valence-corrected chi connectivity index (χ0v) is 14.1. The summed E-state index contributed by atoms with van der Waals surface area (Å²) in [5, 5.41) is 0. The molecule has 3 nitrogen and oxygen atoms in total. The van der Waals surface area contributed by atoms with E-state index in [0.717, 1.165) is 31.2 Å². The number of ether oxygens (including phenoxy) is 1. The highest BCUT2D eigenvalue weighted by molar-refractivity contribution is 5.95. The molecule has 2 fully saturated rings. The molecule has 3 heteroatoms. The zero-order valence-electron chi connectivity index (χ0n) is 14.1. The molecule has 2 unspecified atom stereocenters. The molecule has 22 heavy (non-hydrogen) atoms. The average molecular weight is 301 g/mol. The molecule has 0 aromatic heterocycles. The maximum atomic E-state index is 12.9. The van der Waals surface area contributed by atoms with E-state index in [-0.39, 0.29) is 11.3 Å². The third-order valence-corrected chi connectivity index (χ3v) is 5.26. The van der Waals surface area contributed by atoms with Crippen LogP contribution in [0, 0.1) is 0 Å². The van der Waals surface area contributed by atoms with E-state index in [4.69, 9.17) is 4.74 Å². The van der Waals surface area contributed by atoms with Crippen LogP contribution in [0.15, 0.2) is 24.3 Å². The molecule has 0 N–H and O–H groups in total. The molecule has 0 saturated carbocycles. The number of piperidine rings is 1. The van der Waals surface area contributed by atoms with Crippen molar-refractivity contribution in [2.24, 2.45) is 0 Å². The minimum Gasteiger partial charge on any atom is -0.381 e. The van der Waals surface area contributed by atoms with Crippen molar-refractivity contribution < 1.29 is 9.53 Å². The Morgan fingerprint density at radius 1 is 1.09 bits per heavy atom. The van der Waals surface area contributed by atoms with Crippen molar-refractivity contribution in [1.29, 1.82) is 0 Å². The summed E-state index contributed by atoms with van der Waals surface area (Å²) < 4.78 is 5.52. The second kappa shape index (κ2) is 5.69. The highest BCUT2D eigenvalue weighted by atomic mass is 16.5. The summed E-state index contributed by atoms with van der Waals surface area (Å²) in [6.07, 6.45) is 4.54. The van der Waals surface area contributed by atoms with Gasteiger partial charge in [-0.2, -0.15) is 0 Å². The first-order chi connectivity index (χ1) is 10.4. The third-order valence-electron chi connectivity index (χ3n) is 5.26. The summed E-state index contributed by atoms with van der Waals surface area (Å²) in [5.41, 5.74) is 2.21. The van der Waals surface area contributed by atoms with Gasteiger partial charge in [0.15, 0.2) is 0 Å². The Kier molecular flexibility index (Phi) is 4.02. The Morgan fingerprint density at radius 3 is 2.09 bits per heavy atom. The van der Waals surface area contributed by atoms with Gasteiger partial charge in [0.25, 0.3) is 5.91 Å². The van der Waals surface area contributed by atoms with Gasteiger partial charge in [0.05, 0.1) is 6.10 Å². The van der Waals surface area contributed by atoms with Crippen molar-refractivity contribution in [2.45, 2.75) is 70.1 Å². The predicted molar refractivity (Wildman–Crippen MR) is 88.2 cm³/mol. The molecule has 3 rings (SSSR count). The number of carbonyl (C=O) groups excluding carboxylic acids is 1. The normalized spacial score (nSPS) is 28.0. The van der Waals surface area contributed by atoms with Gasteiger partial charge in [0.1, 0.15) is 0 Å². The molecule has 1 aromatic rings. The van der Waals surface area contributed by atoms with Gasteiger partial charge >= 0.3 is 0 Å². The van der Waals surface area contributed by atoms with Crippen LogP contribution < -0.4 is 0 Å². The molecule has 1 amide bonds. The lowest BCUT2D eigenvalue weighted by molar-refractivity contribution is 0.00822. The van der Waals surface area contributed by atoms with Crippen LogP contribution in [-0.2, 0) is 10.2 Å². The second-order valence-electron chi connectivity index (χ2n) is 7.75. The smallest absolute Gasteiger partial charge is 0.254 e. The minimum absolute atomic E-state index is 0.122. The van der Waals surface area contributed by atoms with Crippen LogP contribution in [0.25, 0.3) is 0 Å². The maximum absolute atomic E-state index is 12.9. The maximum Gasteiger partial charge on any atom is 0.254 e. The van der Waals surface area contributed by atoms with E-state index in [9.17, 15) is 4.79 Å². The van der Waals surface area contributed by atoms with E-state index in [1.54, 1.807) is 7.11 Å². The molecular formula is C19H27NO2. The quantitative estimate of drug-likeness (QED) is 0.832. The van der Waals surface area contributed by atoms with Gasteiger partial charge in [-0.05, 0) is 48.8 Å². The van der Waals surface area contributed by atoms with Crippen LogP contribution in [-0.4, -0.2) is 36.1 Å². The van der Waals surface area contributed by atoms with Gasteiger partial charge in [-0.15, -0.1) is 0 Å². The number of amides is 1. The van der Waals surface area contributed by atoms with Crippen molar-refractivity contribution >= 4 is 5.91 Å². The Bertz CT molecular complexity index is 530. The minimum atomic E-state index is 0.122. The summed E-state index contributed by atoms with van der Waals surface area (Å²) in [7, 11) is 1.78. The van der Waals surface area contributed by atoms with Crippen LogP contribution in [0.4, 0.5) is 0 Å². The van der Waals surface area contributed by atoms with Crippen molar-refractivity contribution in [2.75, 3.05) is 7.11 Å². The lowest BCUT2D eigenvalue weighted by Crippen LogP contribution is -2.48. The summed E-state index contributed by atoms with van der Waals surface area (Å²) in [6, 6.07) is 8.89. The van der Waals surface area contributed by atoms with E-state index in [1.165, 1.54) is 5.56 Å². The topological polar surface area (TPSA) is 29.5 Å². The number of fused-ring (bicyclic) bond motifs is 2. The molecular weight excluding hydrogens is 274 g/mol. The van der Waals surface area contributed by atoms with Gasteiger partial charge in [0, 0.05) is 24.8 Å². The van der Waals surface area contributed by atoms with Gasteiger partial charge in [-0.3, -0.25) is 4.79 Å². The van der Waals surface area contributed by atoms with Crippen LogP contribution in [0.5, 0.6) is 0 Å². The summed E-state index contributed by atoms with van der Waals surface area (Å²) in [4.78, 5) is 15.0. The SMILES string of the molecule is COC1CC2CCC(C1)N2C(=O)c1ccc(C(C)(C)C)cc1. The molecule has 0 aliphatic carbocycles. The van der Waals surface area contributed by atoms with Crippen molar-refractivity contribution in [3.63, 3.8) is 0 Å². The van der Waals surface area contributed by atoms with E-state index < -0.39 is 0 Å². The highest BCUT2D eigenvalue weighted by Gasteiger charge is 2.43. The molecule has 0 spiro atoms. The van der Waals surface area contributed by atoms with Crippen LogP contribution in [0.1, 0.15) is 62.4 Å². The first-order valence-corrected chi connectivity index (χ1v) is 8.36. The van der Waals surface area contributed by atoms with Gasteiger partial charge < -0.3 is 9.64 Å². The molecule has 120 valence electrons. The molecule has 2 bridgehead atoms. The van der Waals surface area contributed by atoms with E-state index in [0.29, 0.717) is 18.2 Å². The van der Waals surface area contributed by atoms with Crippen molar-refractivity contribution in [1.82, 2.24) is 4.90 Å². The number of hydrogen-bond donors (Lipinski definition) is 0. The Balaban J connectivity index is 1.77. The summed E-state index contributed by atoms with van der Waals surface area (Å²) in [6.45, 7) is 6.58. The lowest BCUT2D eigenvalue weighted by Gasteiger charge is -2.38. The van der Waals surface area contributed by atoms with E-state index >= 15 is 0 Å². The van der Waals surface area contributed by atoms with Gasteiger partial charge in [0.2, 0.25) is 0 Å². The fourth-order valence-corrected chi connectivity index (χ4v) is 3.91. The van der Waals surface area contributed by atoms with Crippen LogP contribution in [0.3, 0.4) is 0 Å². The van der Waals surface area contributed by atoms with Gasteiger partial charge in [-0.1, -0.05) is 32.9 Å². The number of carbonyl (C=O) groups is 1. The Hall–Kier alpha value is -1.35. The number of rotatable bonds is 2. The Labute approximate surface area is 133 Å². The summed E-state index contributed by atoms with van der Waals surface area (Å²) >= 11 is 0. The largest absolute Gasteiger partial charge is 0.381 e. The standard InChI is InChI=1S/C19H27NO2/c1-19(2,3)14-7-5-13(6-8-14)18(21)20-15-9-10-16(20)12-17(11-15)22-4/h5-8,15-17H,9-12H2,1-4H3. The molecule has 2 heterocycles. The highest BCUT2D eigenvalue weighted by Crippen LogP contribution is 2.37. The Morgan fingerprint density at radius 2 is 1.64 bits per heavy atom. The van der Waals surface area contributed by atoms with E-state index in [2.05, 4.69) is 37.8 Å². The number of methoxy groups -OCH3 is 1. The monoisotopic (exact) mass is 301 g/mol. The van der Waals surface area contributed by atoms with Crippen molar-refractivity contribution in [3.8, 4) is 0 Å². The summed E-state index contributed by atoms with van der Waals surface area (Å²) in [5.74, 6) is 0.197. The first kappa shape index (κ1) is 15.5.